The Labute approximate surface area is 252 Å². The lowest BCUT2D eigenvalue weighted by molar-refractivity contribution is -0.113. The van der Waals surface area contributed by atoms with Crippen LogP contribution in [-0.2, 0) is 9.59 Å². The van der Waals surface area contributed by atoms with Crippen LogP contribution in [0.15, 0.2) is 158 Å². The first kappa shape index (κ1) is 30.1. The summed E-state index contributed by atoms with van der Waals surface area (Å²) in [5.41, 5.74) is 7.00. The molecule has 5 aromatic carbocycles. The Bertz CT molecular complexity index is 1630. The molecule has 5 aromatic rings. The van der Waals surface area contributed by atoms with Gasteiger partial charge in [0, 0.05) is 45.8 Å². The third kappa shape index (κ3) is 10.6. The van der Waals surface area contributed by atoms with Crippen LogP contribution >= 0.6 is 0 Å². The number of carbonyl (C=O) groups is 2. The highest BCUT2D eigenvalue weighted by Gasteiger charge is 2.02. The van der Waals surface area contributed by atoms with Gasteiger partial charge in [0.2, 0.25) is 5.91 Å². The van der Waals surface area contributed by atoms with Gasteiger partial charge in [-0.2, -0.15) is 0 Å². The quantitative estimate of drug-likeness (QED) is 0.134. The van der Waals surface area contributed by atoms with E-state index in [1.807, 2.05) is 140 Å². The molecule has 4 N–H and O–H groups in total. The van der Waals surface area contributed by atoms with E-state index in [1.54, 1.807) is 13.0 Å². The molecule has 0 atom stereocenters. The van der Waals surface area contributed by atoms with Crippen molar-refractivity contribution < 1.29 is 9.59 Å². The summed E-state index contributed by atoms with van der Waals surface area (Å²) < 4.78 is 0. The van der Waals surface area contributed by atoms with E-state index in [1.165, 1.54) is 6.08 Å². The van der Waals surface area contributed by atoms with Crippen molar-refractivity contribution in [2.75, 3.05) is 21.3 Å². The van der Waals surface area contributed by atoms with Gasteiger partial charge in [-0.25, -0.2) is 0 Å². The summed E-state index contributed by atoms with van der Waals surface area (Å²) in [6, 6.07) is 44.8. The van der Waals surface area contributed by atoms with Crippen LogP contribution in [0.5, 0.6) is 0 Å². The minimum atomic E-state index is -0.163. The molecule has 0 aromatic heterocycles. The van der Waals surface area contributed by atoms with Crippen LogP contribution in [0.1, 0.15) is 12.5 Å². The fraction of sp³-hybridized carbons (Fsp3) is 0.0270. The van der Waals surface area contributed by atoms with Gasteiger partial charge in [-0.15, -0.1) is 0 Å². The predicted octanol–water partition coefficient (Wildman–Crippen LogP) is 9.03. The second-order valence-corrected chi connectivity index (χ2v) is 9.60. The molecule has 6 heteroatoms. The SMILES string of the molecule is C=C(C)C(=O)Nc1ccc(Nc2ccccc2)cc1.O=C(C=Cc1ccccc1)Nc1ccc(Nc2ccccc2)cc1. The second-order valence-electron chi connectivity index (χ2n) is 9.60. The number of amides is 2. The maximum absolute atomic E-state index is 11.9. The molecule has 43 heavy (non-hydrogen) atoms. The highest BCUT2D eigenvalue weighted by Crippen LogP contribution is 2.20. The van der Waals surface area contributed by atoms with Crippen molar-refractivity contribution in [3.8, 4) is 0 Å². The van der Waals surface area contributed by atoms with Crippen LogP contribution in [0.25, 0.3) is 6.08 Å². The summed E-state index contributed by atoms with van der Waals surface area (Å²) in [5.74, 6) is -0.314. The number of hydrogen-bond donors (Lipinski definition) is 4. The van der Waals surface area contributed by atoms with Gasteiger partial charge in [-0.05, 0) is 91.4 Å². The number of nitrogens with one attached hydrogen (secondary N) is 4. The smallest absolute Gasteiger partial charge is 0.250 e. The Morgan fingerprint density at radius 1 is 0.512 bits per heavy atom. The first-order valence-corrected chi connectivity index (χ1v) is 13.8. The molecule has 0 bridgehead atoms. The zero-order valence-electron chi connectivity index (χ0n) is 24.0. The number of para-hydroxylation sites is 2. The van der Waals surface area contributed by atoms with Gasteiger partial charge in [0.25, 0.3) is 5.91 Å². The fourth-order valence-corrected chi connectivity index (χ4v) is 3.81. The average molecular weight is 567 g/mol. The van der Waals surface area contributed by atoms with Gasteiger partial charge >= 0.3 is 0 Å². The fourth-order valence-electron chi connectivity index (χ4n) is 3.81. The molecule has 0 saturated carbocycles. The molecule has 0 saturated heterocycles. The van der Waals surface area contributed by atoms with Crippen LogP contribution in [0.3, 0.4) is 0 Å². The summed E-state index contributed by atoms with van der Waals surface area (Å²) in [4.78, 5) is 23.4. The molecule has 5 rings (SSSR count). The number of rotatable bonds is 9. The third-order valence-corrected chi connectivity index (χ3v) is 6.03. The molecule has 0 fully saturated rings. The highest BCUT2D eigenvalue weighted by atomic mass is 16.2. The molecule has 0 radical (unpaired) electrons. The van der Waals surface area contributed by atoms with Crippen molar-refractivity contribution in [3.63, 3.8) is 0 Å². The first-order chi connectivity index (χ1) is 20.9. The molecule has 6 nitrogen and oxygen atoms in total. The molecule has 0 unspecified atom stereocenters. The molecule has 0 spiro atoms. The van der Waals surface area contributed by atoms with E-state index in [0.29, 0.717) is 5.57 Å². The van der Waals surface area contributed by atoms with Crippen LogP contribution in [0, 0.1) is 0 Å². The molecule has 0 aliphatic heterocycles. The Hall–Kier alpha value is -5.88. The van der Waals surface area contributed by atoms with E-state index in [-0.39, 0.29) is 11.8 Å². The van der Waals surface area contributed by atoms with E-state index >= 15 is 0 Å². The van der Waals surface area contributed by atoms with Crippen molar-refractivity contribution in [2.24, 2.45) is 0 Å². The second kappa shape index (κ2) is 15.8. The van der Waals surface area contributed by atoms with E-state index < -0.39 is 0 Å². The normalized spacial score (nSPS) is 10.2. The van der Waals surface area contributed by atoms with Crippen molar-refractivity contribution >= 4 is 52.0 Å². The Balaban J connectivity index is 0.000000203. The van der Waals surface area contributed by atoms with E-state index in [0.717, 1.165) is 39.7 Å². The maximum atomic E-state index is 11.9. The van der Waals surface area contributed by atoms with Crippen molar-refractivity contribution in [3.05, 3.63) is 163 Å². The lowest BCUT2D eigenvalue weighted by Crippen LogP contribution is -2.11. The van der Waals surface area contributed by atoms with Crippen LogP contribution in [0.2, 0.25) is 0 Å². The Morgan fingerprint density at radius 3 is 1.33 bits per heavy atom. The summed E-state index contributed by atoms with van der Waals surface area (Å²) in [5, 5.41) is 12.2. The zero-order chi connectivity index (χ0) is 30.3. The molecule has 0 heterocycles. The monoisotopic (exact) mass is 566 g/mol. The predicted molar refractivity (Wildman–Crippen MR) is 180 cm³/mol. The lowest BCUT2D eigenvalue weighted by atomic mass is 10.2. The van der Waals surface area contributed by atoms with Crippen molar-refractivity contribution in [2.45, 2.75) is 6.92 Å². The largest absolute Gasteiger partial charge is 0.356 e. The molecule has 214 valence electrons. The van der Waals surface area contributed by atoms with E-state index in [9.17, 15) is 9.59 Å². The van der Waals surface area contributed by atoms with E-state index in [2.05, 4.69) is 27.8 Å². The first-order valence-electron chi connectivity index (χ1n) is 13.8. The van der Waals surface area contributed by atoms with Gasteiger partial charge in [0.15, 0.2) is 0 Å². The van der Waals surface area contributed by atoms with Gasteiger partial charge in [0.1, 0.15) is 0 Å². The average Bonchev–Trinajstić information content (AvgIpc) is 3.04. The van der Waals surface area contributed by atoms with Gasteiger partial charge < -0.3 is 21.3 Å². The number of hydrogen-bond acceptors (Lipinski definition) is 4. The van der Waals surface area contributed by atoms with Crippen LogP contribution in [-0.4, -0.2) is 11.8 Å². The third-order valence-electron chi connectivity index (χ3n) is 6.03. The summed E-state index contributed by atoms with van der Waals surface area (Å²) in [6.07, 6.45) is 3.33. The van der Waals surface area contributed by atoms with Crippen LogP contribution < -0.4 is 21.3 Å². The number of benzene rings is 5. The zero-order valence-corrected chi connectivity index (χ0v) is 24.0. The van der Waals surface area contributed by atoms with Gasteiger partial charge in [-0.3, -0.25) is 9.59 Å². The minimum Gasteiger partial charge on any atom is -0.356 e. The number of carbonyl (C=O) groups excluding carboxylic acids is 2. The van der Waals surface area contributed by atoms with Crippen molar-refractivity contribution in [1.29, 1.82) is 0 Å². The molecule has 0 aliphatic rings. The van der Waals surface area contributed by atoms with Crippen LogP contribution in [0.4, 0.5) is 34.1 Å². The van der Waals surface area contributed by atoms with E-state index in [4.69, 9.17) is 0 Å². The van der Waals surface area contributed by atoms with Gasteiger partial charge in [-0.1, -0.05) is 73.3 Å². The minimum absolute atomic E-state index is 0.150. The summed E-state index contributed by atoms with van der Waals surface area (Å²) in [7, 11) is 0. The Kier molecular flexibility index (Phi) is 11.0. The molecular formula is C37H34N4O2. The molecular weight excluding hydrogens is 532 g/mol. The summed E-state index contributed by atoms with van der Waals surface area (Å²) >= 11 is 0. The lowest BCUT2D eigenvalue weighted by Gasteiger charge is -2.08. The highest BCUT2D eigenvalue weighted by molar-refractivity contribution is 6.03. The van der Waals surface area contributed by atoms with Crippen molar-refractivity contribution in [1.82, 2.24) is 0 Å². The summed E-state index contributed by atoms with van der Waals surface area (Å²) in [6.45, 7) is 5.28. The standard InChI is InChI=1S/C21H18N2O.C16H16N2O/c24-21(16-11-17-7-3-1-4-8-17)23-20-14-12-19(13-15-20)22-18-9-5-2-6-10-18;1-12(2)16(19)18-15-10-8-14(9-11-15)17-13-6-4-3-5-7-13/h1-16,22H,(H,23,24);3-11,17H,1H2,2H3,(H,18,19). The Morgan fingerprint density at radius 2 is 0.884 bits per heavy atom. The van der Waals surface area contributed by atoms with Gasteiger partial charge in [0.05, 0.1) is 0 Å². The molecule has 2 amide bonds. The maximum Gasteiger partial charge on any atom is 0.250 e. The molecule has 0 aliphatic carbocycles. The topological polar surface area (TPSA) is 82.3 Å². The number of anilines is 6.